The van der Waals surface area contributed by atoms with Crippen molar-refractivity contribution in [3.8, 4) is 0 Å². The number of alkyl carbamates (subject to hydrolysis) is 1. The minimum absolute atomic E-state index is 0.0220. The van der Waals surface area contributed by atoms with E-state index in [0.29, 0.717) is 0 Å². The highest BCUT2D eigenvalue weighted by atomic mass is 35.6. The van der Waals surface area contributed by atoms with Gasteiger partial charge in [0.25, 0.3) is 9.70 Å². The van der Waals surface area contributed by atoms with Crippen LogP contribution >= 0.6 is 34.8 Å². The van der Waals surface area contributed by atoms with Crippen LogP contribution < -0.4 is 10.6 Å². The van der Waals surface area contributed by atoms with Gasteiger partial charge in [0.2, 0.25) is 0 Å². The number of halogens is 3. The second-order valence-corrected chi connectivity index (χ2v) is 8.43. The Morgan fingerprint density at radius 2 is 1.64 bits per heavy atom. The molecule has 0 fully saturated rings. The maximum atomic E-state index is 11.9. The Bertz CT molecular complexity index is 415. The van der Waals surface area contributed by atoms with E-state index in [-0.39, 0.29) is 5.92 Å². The van der Waals surface area contributed by atoms with Crippen molar-refractivity contribution in [1.29, 1.82) is 0 Å². The van der Waals surface area contributed by atoms with Gasteiger partial charge in [-0.1, -0.05) is 54.7 Å². The molecule has 2 atom stereocenters. The molecule has 0 rings (SSSR count). The SMILES string of the molecule is C=C[C@@H](NC(=O)C(Cl)(Cl)Cl)[C@@H](NC(=O)OC(C)(C)C)C(C)C. The molecule has 0 aromatic heterocycles. The van der Waals surface area contributed by atoms with Gasteiger partial charge in [0, 0.05) is 0 Å². The maximum Gasteiger partial charge on any atom is 0.407 e. The van der Waals surface area contributed by atoms with Gasteiger partial charge in [-0.05, 0) is 26.7 Å². The number of hydrogen-bond donors (Lipinski definition) is 2. The van der Waals surface area contributed by atoms with Crippen molar-refractivity contribution in [3.05, 3.63) is 12.7 Å². The van der Waals surface area contributed by atoms with Crippen LogP contribution in [0.1, 0.15) is 34.6 Å². The van der Waals surface area contributed by atoms with Crippen molar-refractivity contribution < 1.29 is 14.3 Å². The van der Waals surface area contributed by atoms with E-state index >= 15 is 0 Å². The number of hydrogen-bond acceptors (Lipinski definition) is 3. The minimum Gasteiger partial charge on any atom is -0.444 e. The Labute approximate surface area is 146 Å². The normalized spacial score (nSPS) is 15.0. The summed E-state index contributed by atoms with van der Waals surface area (Å²) in [6.45, 7) is 12.7. The molecule has 5 nitrogen and oxygen atoms in total. The molecule has 0 aromatic rings. The fourth-order valence-electron chi connectivity index (χ4n) is 1.64. The zero-order valence-electron chi connectivity index (χ0n) is 13.4. The zero-order chi connectivity index (χ0) is 17.7. The summed E-state index contributed by atoms with van der Waals surface area (Å²) in [4.78, 5) is 23.7. The van der Waals surface area contributed by atoms with E-state index in [4.69, 9.17) is 39.5 Å². The molecule has 0 aliphatic heterocycles. The second kappa shape index (κ2) is 8.27. The molecule has 0 spiro atoms. The average Bonchev–Trinajstić information content (AvgIpc) is 2.29. The van der Waals surface area contributed by atoms with Crippen molar-refractivity contribution in [2.45, 2.75) is 56.1 Å². The molecule has 128 valence electrons. The smallest absolute Gasteiger partial charge is 0.407 e. The molecule has 8 heteroatoms. The van der Waals surface area contributed by atoms with Crippen molar-refractivity contribution in [1.82, 2.24) is 10.6 Å². The van der Waals surface area contributed by atoms with E-state index in [9.17, 15) is 9.59 Å². The van der Waals surface area contributed by atoms with Crippen LogP contribution in [0.3, 0.4) is 0 Å². The molecule has 22 heavy (non-hydrogen) atoms. The zero-order valence-corrected chi connectivity index (χ0v) is 15.6. The van der Waals surface area contributed by atoms with Gasteiger partial charge in [-0.15, -0.1) is 6.58 Å². The van der Waals surface area contributed by atoms with Gasteiger partial charge in [0.05, 0.1) is 12.1 Å². The number of alkyl halides is 3. The number of amides is 2. The van der Waals surface area contributed by atoms with E-state index in [1.54, 1.807) is 20.8 Å². The number of nitrogens with one attached hydrogen (secondary N) is 2. The first-order valence-electron chi connectivity index (χ1n) is 6.77. The maximum absolute atomic E-state index is 11.9. The van der Waals surface area contributed by atoms with Crippen molar-refractivity contribution in [3.63, 3.8) is 0 Å². The lowest BCUT2D eigenvalue weighted by atomic mass is 9.96. The number of rotatable bonds is 5. The molecule has 0 saturated carbocycles. The Kier molecular flexibility index (Phi) is 8.03. The summed E-state index contributed by atoms with van der Waals surface area (Å²) in [5, 5.41) is 5.24. The minimum atomic E-state index is -2.09. The van der Waals surface area contributed by atoms with Crippen molar-refractivity contribution in [2.24, 2.45) is 5.92 Å². The number of carbonyl (C=O) groups is 2. The van der Waals surface area contributed by atoms with E-state index in [2.05, 4.69) is 17.2 Å². The molecule has 0 aromatic carbocycles. The topological polar surface area (TPSA) is 67.4 Å². The third kappa shape index (κ3) is 8.11. The van der Waals surface area contributed by atoms with Crippen LogP contribution in [0.25, 0.3) is 0 Å². The summed E-state index contributed by atoms with van der Waals surface area (Å²) in [5.41, 5.74) is -0.629. The van der Waals surface area contributed by atoms with Crippen LogP contribution in [0.2, 0.25) is 0 Å². The average molecular weight is 374 g/mol. The summed E-state index contributed by atoms with van der Waals surface area (Å²) >= 11 is 16.6. The molecule has 2 amide bonds. The first-order chi connectivity index (χ1) is 9.77. The summed E-state index contributed by atoms with van der Waals surface area (Å²) in [6, 6.07) is -1.08. The van der Waals surface area contributed by atoms with E-state index < -0.39 is 33.5 Å². The van der Waals surface area contributed by atoms with E-state index in [0.717, 1.165) is 0 Å². The van der Waals surface area contributed by atoms with Gasteiger partial charge in [-0.25, -0.2) is 4.79 Å². The first-order valence-corrected chi connectivity index (χ1v) is 7.91. The Balaban J connectivity index is 5.01. The van der Waals surface area contributed by atoms with Crippen molar-refractivity contribution in [2.75, 3.05) is 0 Å². The van der Waals surface area contributed by atoms with Crippen molar-refractivity contribution >= 4 is 46.8 Å². The second-order valence-electron chi connectivity index (χ2n) is 6.15. The van der Waals surface area contributed by atoms with Crippen LogP contribution in [0.4, 0.5) is 4.79 Å². The van der Waals surface area contributed by atoms with Crippen LogP contribution in [0.5, 0.6) is 0 Å². The molecular weight excluding hydrogens is 351 g/mol. The van der Waals surface area contributed by atoms with Gasteiger partial charge in [0.1, 0.15) is 5.60 Å². The molecule has 0 heterocycles. The van der Waals surface area contributed by atoms with Crippen LogP contribution in [-0.2, 0) is 9.53 Å². The van der Waals surface area contributed by atoms with Gasteiger partial charge >= 0.3 is 6.09 Å². The molecule has 0 saturated heterocycles. The monoisotopic (exact) mass is 372 g/mol. The number of carbonyl (C=O) groups excluding carboxylic acids is 2. The van der Waals surface area contributed by atoms with Gasteiger partial charge in [-0.3, -0.25) is 4.79 Å². The fourth-order valence-corrected chi connectivity index (χ4v) is 1.81. The lowest BCUT2D eigenvalue weighted by Crippen LogP contribution is -2.55. The lowest BCUT2D eigenvalue weighted by Gasteiger charge is -2.31. The molecule has 2 N–H and O–H groups in total. The third-order valence-electron chi connectivity index (χ3n) is 2.60. The Hall–Kier alpha value is -0.650. The standard InChI is InChI=1S/C14H23Cl3N2O3/c1-7-9(18-11(20)14(15,16)17)10(8(2)3)19-12(21)22-13(4,5)6/h7-10H,1H2,2-6H3,(H,18,20)(H,19,21)/t9-,10+/m1/s1. The fraction of sp³-hybridized carbons (Fsp3) is 0.714. The highest BCUT2D eigenvalue weighted by Crippen LogP contribution is 2.26. The summed E-state index contributed by atoms with van der Waals surface area (Å²) < 4.78 is 3.12. The van der Waals surface area contributed by atoms with Crippen LogP contribution in [0.15, 0.2) is 12.7 Å². The number of ether oxygens (including phenoxy) is 1. The third-order valence-corrected chi connectivity index (χ3v) is 3.11. The first kappa shape index (κ1) is 21.4. The predicted molar refractivity (Wildman–Crippen MR) is 90.4 cm³/mol. The molecule has 0 radical (unpaired) electrons. The molecule has 0 unspecified atom stereocenters. The molecule has 0 bridgehead atoms. The summed E-state index contributed by atoms with van der Waals surface area (Å²) in [6.07, 6.45) is 0.872. The lowest BCUT2D eigenvalue weighted by molar-refractivity contribution is -0.120. The van der Waals surface area contributed by atoms with E-state index in [1.165, 1.54) is 6.08 Å². The van der Waals surface area contributed by atoms with Gasteiger partial charge in [-0.2, -0.15) is 0 Å². The summed E-state index contributed by atoms with van der Waals surface area (Å²) in [5.74, 6) is -0.815. The molecular formula is C14H23Cl3N2O3. The van der Waals surface area contributed by atoms with Crippen LogP contribution in [0, 0.1) is 5.92 Å². The van der Waals surface area contributed by atoms with Gasteiger partial charge < -0.3 is 15.4 Å². The highest BCUT2D eigenvalue weighted by molar-refractivity contribution is 6.76. The van der Waals surface area contributed by atoms with Gasteiger partial charge in [0.15, 0.2) is 0 Å². The largest absolute Gasteiger partial charge is 0.444 e. The Morgan fingerprint density at radius 1 is 1.14 bits per heavy atom. The summed E-state index contributed by atoms with van der Waals surface area (Å²) in [7, 11) is 0. The Morgan fingerprint density at radius 3 is 1.95 bits per heavy atom. The molecule has 0 aliphatic rings. The highest BCUT2D eigenvalue weighted by Gasteiger charge is 2.35. The molecule has 0 aliphatic carbocycles. The quantitative estimate of drug-likeness (QED) is 0.572. The van der Waals surface area contributed by atoms with Crippen LogP contribution in [-0.4, -0.2) is 33.5 Å². The predicted octanol–water partition coefficient (Wildman–Crippen LogP) is 3.58. The van der Waals surface area contributed by atoms with E-state index in [1.807, 2.05) is 13.8 Å².